The van der Waals surface area contributed by atoms with Crippen LogP contribution in [0.1, 0.15) is 73.5 Å². The number of rotatable bonds is 6. The highest BCUT2D eigenvalue weighted by molar-refractivity contribution is 5.96. The van der Waals surface area contributed by atoms with Crippen LogP contribution in [0.25, 0.3) is 0 Å². The number of aromatic nitrogens is 1. The zero-order valence-electron chi connectivity index (χ0n) is 16.0. The molecule has 2 heterocycles. The third-order valence-corrected chi connectivity index (χ3v) is 5.93. The zero-order valence-corrected chi connectivity index (χ0v) is 16.0. The Bertz CT molecular complexity index is 779. The Kier molecular flexibility index (Phi) is 5.74. The highest BCUT2D eigenvalue weighted by atomic mass is 16.3. The fourth-order valence-electron chi connectivity index (χ4n) is 4.54. The molecule has 6 heteroatoms. The largest absolute Gasteiger partial charge is 0.459 e. The molecular formula is C22H27N3O3. The summed E-state index contributed by atoms with van der Waals surface area (Å²) in [6.45, 7) is 0. The fraction of sp³-hybridized carbons (Fsp3) is 0.500. The quantitative estimate of drug-likeness (QED) is 0.824. The van der Waals surface area contributed by atoms with Gasteiger partial charge in [0.2, 0.25) is 5.91 Å². The summed E-state index contributed by atoms with van der Waals surface area (Å²) in [5.74, 6) is -0.0511. The van der Waals surface area contributed by atoms with E-state index in [2.05, 4.69) is 10.3 Å². The second-order valence-corrected chi connectivity index (χ2v) is 7.80. The lowest BCUT2D eigenvalue weighted by molar-refractivity contribution is -0.127. The van der Waals surface area contributed by atoms with Crippen molar-refractivity contribution < 1.29 is 14.0 Å². The number of nitrogens with zero attached hydrogens (tertiary/aromatic N) is 2. The molecule has 28 heavy (non-hydrogen) atoms. The van der Waals surface area contributed by atoms with E-state index < -0.39 is 6.04 Å². The first-order chi connectivity index (χ1) is 13.7. The molecule has 1 unspecified atom stereocenters. The standard InChI is InChI=1S/C22H27N3O3/c26-21(24-17-6-1-2-7-17)20(16-11-13-23-14-12-16)25(18-8-3-4-9-18)22(27)19-10-5-15-28-19/h5,10-15,17-18,20H,1-4,6-9H2,(H,24,26). The van der Waals surface area contributed by atoms with E-state index in [-0.39, 0.29) is 29.7 Å². The van der Waals surface area contributed by atoms with Crippen LogP contribution in [0.15, 0.2) is 47.3 Å². The van der Waals surface area contributed by atoms with Crippen LogP contribution in [0.2, 0.25) is 0 Å². The summed E-state index contributed by atoms with van der Waals surface area (Å²) in [5, 5.41) is 3.20. The fourth-order valence-corrected chi connectivity index (χ4v) is 4.54. The van der Waals surface area contributed by atoms with Crippen molar-refractivity contribution >= 4 is 11.8 Å². The van der Waals surface area contributed by atoms with Gasteiger partial charge in [0.1, 0.15) is 6.04 Å². The highest BCUT2D eigenvalue weighted by Gasteiger charge is 2.39. The van der Waals surface area contributed by atoms with Gasteiger partial charge in [0, 0.05) is 24.5 Å². The maximum atomic E-state index is 13.4. The molecule has 1 atom stereocenters. The summed E-state index contributed by atoms with van der Waals surface area (Å²) in [5.41, 5.74) is 0.789. The molecule has 2 saturated carbocycles. The van der Waals surface area contributed by atoms with Gasteiger partial charge in [-0.1, -0.05) is 25.7 Å². The van der Waals surface area contributed by atoms with Gasteiger partial charge in [0.25, 0.3) is 5.91 Å². The lowest BCUT2D eigenvalue weighted by Gasteiger charge is -2.36. The maximum Gasteiger partial charge on any atom is 0.290 e. The first-order valence-corrected chi connectivity index (χ1v) is 10.3. The Morgan fingerprint density at radius 1 is 1.04 bits per heavy atom. The topological polar surface area (TPSA) is 75.4 Å². The van der Waals surface area contributed by atoms with Gasteiger partial charge in [-0.15, -0.1) is 0 Å². The van der Waals surface area contributed by atoms with E-state index in [1.807, 2.05) is 12.1 Å². The summed E-state index contributed by atoms with van der Waals surface area (Å²) < 4.78 is 5.40. The van der Waals surface area contributed by atoms with Crippen LogP contribution in [0.4, 0.5) is 0 Å². The summed E-state index contributed by atoms with van der Waals surface area (Å²) >= 11 is 0. The number of nitrogens with one attached hydrogen (secondary N) is 1. The molecule has 2 aliphatic rings. The summed E-state index contributed by atoms with van der Waals surface area (Å²) in [6.07, 6.45) is 13.1. The van der Waals surface area contributed by atoms with Gasteiger partial charge < -0.3 is 14.6 Å². The molecule has 0 spiro atoms. The maximum absolute atomic E-state index is 13.4. The van der Waals surface area contributed by atoms with E-state index in [1.54, 1.807) is 29.4 Å². The van der Waals surface area contributed by atoms with Crippen LogP contribution >= 0.6 is 0 Å². The smallest absolute Gasteiger partial charge is 0.290 e. The molecule has 1 N–H and O–H groups in total. The SMILES string of the molecule is O=C(NC1CCCC1)C(c1ccncc1)N(C(=O)c1ccco1)C1CCCC1. The van der Waals surface area contributed by atoms with Crippen molar-refractivity contribution in [1.82, 2.24) is 15.2 Å². The van der Waals surface area contributed by atoms with Crippen molar-refractivity contribution in [3.05, 3.63) is 54.2 Å². The second-order valence-electron chi connectivity index (χ2n) is 7.80. The zero-order chi connectivity index (χ0) is 19.3. The van der Waals surface area contributed by atoms with Crippen molar-refractivity contribution in [2.75, 3.05) is 0 Å². The lowest BCUT2D eigenvalue weighted by Crippen LogP contribution is -2.49. The molecule has 2 aromatic rings. The van der Waals surface area contributed by atoms with Crippen LogP contribution in [-0.4, -0.2) is 33.8 Å². The van der Waals surface area contributed by atoms with Crippen LogP contribution in [0.3, 0.4) is 0 Å². The first kappa shape index (κ1) is 18.7. The molecule has 0 saturated heterocycles. The minimum Gasteiger partial charge on any atom is -0.459 e. The molecule has 2 amide bonds. The van der Waals surface area contributed by atoms with Crippen molar-refractivity contribution in [1.29, 1.82) is 0 Å². The van der Waals surface area contributed by atoms with Crippen LogP contribution in [0, 0.1) is 0 Å². The number of carbonyl (C=O) groups excluding carboxylic acids is 2. The molecule has 2 fully saturated rings. The van der Waals surface area contributed by atoms with E-state index in [9.17, 15) is 9.59 Å². The molecule has 0 bridgehead atoms. The Morgan fingerprint density at radius 3 is 2.36 bits per heavy atom. The molecule has 2 aliphatic carbocycles. The van der Waals surface area contributed by atoms with E-state index in [1.165, 1.54) is 6.26 Å². The van der Waals surface area contributed by atoms with Gasteiger partial charge in [-0.2, -0.15) is 0 Å². The predicted molar refractivity (Wildman–Crippen MR) is 105 cm³/mol. The third-order valence-electron chi connectivity index (χ3n) is 5.93. The summed E-state index contributed by atoms with van der Waals surface area (Å²) in [4.78, 5) is 32.6. The average molecular weight is 381 g/mol. The Balaban J connectivity index is 1.69. The van der Waals surface area contributed by atoms with Crippen molar-refractivity contribution in [3.63, 3.8) is 0 Å². The Morgan fingerprint density at radius 2 is 1.71 bits per heavy atom. The summed E-state index contributed by atoms with van der Waals surface area (Å²) in [7, 11) is 0. The van der Waals surface area contributed by atoms with E-state index in [4.69, 9.17) is 4.42 Å². The normalized spacial score (nSPS) is 18.9. The minimum atomic E-state index is -0.677. The van der Waals surface area contributed by atoms with E-state index in [0.29, 0.717) is 0 Å². The molecule has 4 rings (SSSR count). The van der Waals surface area contributed by atoms with Gasteiger partial charge in [-0.05, 0) is 55.5 Å². The summed E-state index contributed by atoms with van der Waals surface area (Å²) in [6, 6.07) is 6.59. The van der Waals surface area contributed by atoms with Crippen molar-refractivity contribution in [2.45, 2.75) is 69.5 Å². The third kappa shape index (κ3) is 3.96. The lowest BCUT2D eigenvalue weighted by atomic mass is 10.0. The van der Waals surface area contributed by atoms with Crippen LogP contribution in [0.5, 0.6) is 0 Å². The predicted octanol–water partition coefficient (Wildman–Crippen LogP) is 3.86. The monoisotopic (exact) mass is 381 g/mol. The van der Waals surface area contributed by atoms with Gasteiger partial charge >= 0.3 is 0 Å². The number of carbonyl (C=O) groups is 2. The van der Waals surface area contributed by atoms with E-state index in [0.717, 1.165) is 56.9 Å². The van der Waals surface area contributed by atoms with Gasteiger partial charge in [0.05, 0.1) is 6.26 Å². The molecule has 6 nitrogen and oxygen atoms in total. The van der Waals surface area contributed by atoms with Crippen LogP contribution in [-0.2, 0) is 4.79 Å². The number of hydrogen-bond donors (Lipinski definition) is 1. The Labute approximate surface area is 165 Å². The number of pyridine rings is 1. The second kappa shape index (κ2) is 8.59. The van der Waals surface area contributed by atoms with Crippen LogP contribution < -0.4 is 5.32 Å². The minimum absolute atomic E-state index is 0.0325. The molecule has 0 radical (unpaired) electrons. The van der Waals surface area contributed by atoms with E-state index >= 15 is 0 Å². The van der Waals surface area contributed by atoms with Gasteiger partial charge in [-0.25, -0.2) is 0 Å². The molecular weight excluding hydrogens is 354 g/mol. The van der Waals surface area contributed by atoms with Crippen molar-refractivity contribution in [2.24, 2.45) is 0 Å². The van der Waals surface area contributed by atoms with Gasteiger partial charge in [0.15, 0.2) is 5.76 Å². The first-order valence-electron chi connectivity index (χ1n) is 10.3. The number of amides is 2. The Hall–Kier alpha value is -2.63. The van der Waals surface area contributed by atoms with Crippen molar-refractivity contribution in [3.8, 4) is 0 Å². The average Bonchev–Trinajstić information content (AvgIpc) is 3.49. The molecule has 0 aromatic carbocycles. The number of hydrogen-bond acceptors (Lipinski definition) is 4. The molecule has 148 valence electrons. The highest BCUT2D eigenvalue weighted by Crippen LogP contribution is 2.33. The molecule has 2 aromatic heterocycles. The number of furan rings is 1. The van der Waals surface area contributed by atoms with Gasteiger partial charge in [-0.3, -0.25) is 14.6 Å². The molecule has 0 aliphatic heterocycles.